The van der Waals surface area contributed by atoms with Crippen LogP contribution in [0.3, 0.4) is 0 Å². The number of benzene rings is 9. The normalized spacial score (nSPS) is 14.6. The van der Waals surface area contributed by atoms with Gasteiger partial charge in [0.15, 0.2) is 0 Å². The zero-order valence-electron chi connectivity index (χ0n) is 31.4. The molecule has 0 aliphatic carbocycles. The minimum atomic E-state index is -0.0846. The number of aromatic nitrogens is 2. The second-order valence-electron chi connectivity index (χ2n) is 15.4. The largest absolute Gasteiger partial charge is 0.374 e. The van der Waals surface area contributed by atoms with Gasteiger partial charge in [-0.05, 0) is 81.4 Å². The standard InChI is InChI=1S/C54H37N3/c1-34-14-10-24-41-38(34)23-13-26-43(41)48-33-37(32-47(55-48)42-25-11-17-35-15-2-4-19-39(35)42)56-50-27-8-6-21-44(50)45-30-31-52-53(54(45)56)46-22-7-9-28-51(46)57(52)49-29-12-18-36-16-3-5-20-40(36)49/h2-33,47,55H,1H3. The molecule has 9 aromatic carbocycles. The van der Waals surface area contributed by atoms with E-state index in [2.05, 4.69) is 216 Å². The van der Waals surface area contributed by atoms with Crippen LogP contribution in [0.4, 0.5) is 0 Å². The van der Waals surface area contributed by atoms with Crippen LogP contribution in [-0.2, 0) is 0 Å². The first-order valence-corrected chi connectivity index (χ1v) is 19.8. The van der Waals surface area contributed by atoms with Gasteiger partial charge in [-0.25, -0.2) is 0 Å². The van der Waals surface area contributed by atoms with Crippen LogP contribution in [0.15, 0.2) is 194 Å². The maximum absolute atomic E-state index is 4.05. The molecule has 3 heterocycles. The number of hydrogen-bond donors (Lipinski definition) is 1. The predicted molar refractivity (Wildman–Crippen MR) is 242 cm³/mol. The van der Waals surface area contributed by atoms with E-state index in [0.29, 0.717) is 0 Å². The number of para-hydroxylation sites is 2. The van der Waals surface area contributed by atoms with Gasteiger partial charge in [0.1, 0.15) is 0 Å². The Kier molecular flexibility index (Phi) is 6.91. The van der Waals surface area contributed by atoms with Gasteiger partial charge >= 0.3 is 0 Å². The van der Waals surface area contributed by atoms with Crippen molar-refractivity contribution in [2.75, 3.05) is 0 Å². The predicted octanol–water partition coefficient (Wildman–Crippen LogP) is 13.9. The molecule has 0 spiro atoms. The van der Waals surface area contributed by atoms with Crippen LogP contribution < -0.4 is 5.32 Å². The summed E-state index contributed by atoms with van der Waals surface area (Å²) in [4.78, 5) is 0. The first kappa shape index (κ1) is 31.9. The number of allylic oxidation sites excluding steroid dienone is 2. The molecule has 0 amide bonds. The van der Waals surface area contributed by atoms with Crippen LogP contribution in [0.25, 0.3) is 93.0 Å². The van der Waals surface area contributed by atoms with Gasteiger partial charge in [0, 0.05) is 43.9 Å². The smallest absolute Gasteiger partial charge is 0.0727 e. The van der Waals surface area contributed by atoms with Crippen molar-refractivity contribution in [3.05, 3.63) is 211 Å². The Morgan fingerprint density at radius 3 is 1.89 bits per heavy atom. The molecule has 1 aliphatic rings. The van der Waals surface area contributed by atoms with Gasteiger partial charge in [0.05, 0.1) is 33.8 Å². The van der Waals surface area contributed by atoms with Gasteiger partial charge in [-0.15, -0.1) is 0 Å². The summed E-state index contributed by atoms with van der Waals surface area (Å²) in [5.41, 5.74) is 12.0. The lowest BCUT2D eigenvalue weighted by Crippen LogP contribution is -2.23. The molecular formula is C54H37N3. The third-order valence-electron chi connectivity index (χ3n) is 12.3. The van der Waals surface area contributed by atoms with Gasteiger partial charge in [-0.2, -0.15) is 0 Å². The highest BCUT2D eigenvalue weighted by atomic mass is 15.0. The molecule has 57 heavy (non-hydrogen) atoms. The van der Waals surface area contributed by atoms with Crippen LogP contribution in [0.2, 0.25) is 0 Å². The summed E-state index contributed by atoms with van der Waals surface area (Å²) in [6.07, 6.45) is 4.82. The molecule has 1 N–H and O–H groups in total. The van der Waals surface area contributed by atoms with Crippen LogP contribution in [0, 0.1) is 6.92 Å². The number of nitrogens with one attached hydrogen (secondary N) is 1. The van der Waals surface area contributed by atoms with Crippen LogP contribution in [-0.4, -0.2) is 9.13 Å². The summed E-state index contributed by atoms with van der Waals surface area (Å²) < 4.78 is 5.02. The van der Waals surface area contributed by atoms with Crippen molar-refractivity contribution in [3.63, 3.8) is 0 Å². The fourth-order valence-electron chi connectivity index (χ4n) is 9.74. The minimum Gasteiger partial charge on any atom is -0.374 e. The molecule has 0 saturated carbocycles. The zero-order valence-corrected chi connectivity index (χ0v) is 31.4. The second-order valence-corrected chi connectivity index (χ2v) is 15.4. The van der Waals surface area contributed by atoms with E-state index in [1.54, 1.807) is 0 Å². The Balaban J connectivity index is 1.21. The molecule has 1 unspecified atom stereocenters. The molecule has 3 heteroatoms. The fraction of sp³-hybridized carbons (Fsp3) is 0.0370. The van der Waals surface area contributed by atoms with E-state index in [9.17, 15) is 0 Å². The molecule has 0 saturated heterocycles. The van der Waals surface area contributed by atoms with Gasteiger partial charge in [0.25, 0.3) is 0 Å². The molecule has 3 nitrogen and oxygen atoms in total. The van der Waals surface area contributed by atoms with Crippen molar-refractivity contribution in [1.29, 1.82) is 0 Å². The van der Waals surface area contributed by atoms with Crippen LogP contribution in [0.1, 0.15) is 22.7 Å². The maximum Gasteiger partial charge on any atom is 0.0727 e. The van der Waals surface area contributed by atoms with E-state index in [1.165, 1.54) is 98.3 Å². The molecule has 1 aliphatic heterocycles. The Labute approximate surface area is 330 Å². The van der Waals surface area contributed by atoms with Gasteiger partial charge in [0.2, 0.25) is 0 Å². The maximum atomic E-state index is 4.05. The van der Waals surface area contributed by atoms with Crippen molar-refractivity contribution in [3.8, 4) is 5.69 Å². The third-order valence-corrected chi connectivity index (χ3v) is 12.3. The topological polar surface area (TPSA) is 21.9 Å². The summed E-state index contributed by atoms with van der Waals surface area (Å²) >= 11 is 0. The van der Waals surface area contributed by atoms with Gasteiger partial charge in [-0.3, -0.25) is 0 Å². The van der Waals surface area contributed by atoms with E-state index >= 15 is 0 Å². The molecule has 0 radical (unpaired) electrons. The van der Waals surface area contributed by atoms with Crippen molar-refractivity contribution in [2.24, 2.45) is 0 Å². The van der Waals surface area contributed by atoms with Gasteiger partial charge < -0.3 is 14.5 Å². The number of rotatable bonds is 4. The second kappa shape index (κ2) is 12.3. The zero-order chi connectivity index (χ0) is 37.6. The van der Waals surface area contributed by atoms with E-state index in [1.807, 2.05) is 0 Å². The van der Waals surface area contributed by atoms with E-state index < -0.39 is 0 Å². The Bertz CT molecular complexity index is 3510. The molecule has 2 aromatic heterocycles. The Hall–Kier alpha value is -7.36. The molecule has 1 atom stereocenters. The van der Waals surface area contributed by atoms with E-state index in [-0.39, 0.29) is 6.04 Å². The van der Waals surface area contributed by atoms with Crippen molar-refractivity contribution in [1.82, 2.24) is 14.5 Å². The highest BCUT2D eigenvalue weighted by Gasteiger charge is 2.26. The number of fused-ring (bicyclic) bond motifs is 10. The fourth-order valence-corrected chi connectivity index (χ4v) is 9.74. The average Bonchev–Trinajstić information content (AvgIpc) is 3.79. The van der Waals surface area contributed by atoms with Gasteiger partial charge in [-0.1, -0.05) is 158 Å². The molecule has 268 valence electrons. The SMILES string of the molecule is Cc1cccc2c(C3=CC(n4c5ccccc5c5ccc6c(c7ccccc7n6-c6cccc7ccccc67)c54)=CC(c4cccc5ccccc45)N3)cccc12. The minimum absolute atomic E-state index is 0.0846. The summed E-state index contributed by atoms with van der Waals surface area (Å²) in [7, 11) is 0. The molecule has 0 bridgehead atoms. The van der Waals surface area contributed by atoms with E-state index in [4.69, 9.17) is 0 Å². The molecule has 0 fully saturated rings. The van der Waals surface area contributed by atoms with Crippen LogP contribution >= 0.6 is 0 Å². The molecule has 11 aromatic rings. The monoisotopic (exact) mass is 727 g/mol. The number of aryl methyl sites for hydroxylation is 1. The van der Waals surface area contributed by atoms with E-state index in [0.717, 1.165) is 11.4 Å². The van der Waals surface area contributed by atoms with Crippen molar-refractivity contribution in [2.45, 2.75) is 13.0 Å². The summed E-state index contributed by atoms with van der Waals surface area (Å²) in [6.45, 7) is 2.21. The number of dihydropyridines is 1. The lowest BCUT2D eigenvalue weighted by molar-refractivity contribution is 0.769. The summed E-state index contributed by atoms with van der Waals surface area (Å²) in [5, 5.41) is 16.5. The number of nitrogens with zero attached hydrogens (tertiary/aromatic N) is 2. The highest BCUT2D eigenvalue weighted by Crippen LogP contribution is 2.44. The van der Waals surface area contributed by atoms with Crippen LogP contribution in [0.5, 0.6) is 0 Å². The Morgan fingerprint density at radius 2 is 1.05 bits per heavy atom. The third kappa shape index (κ3) is 4.73. The lowest BCUT2D eigenvalue weighted by atomic mass is 9.93. The molecular weight excluding hydrogens is 691 g/mol. The lowest BCUT2D eigenvalue weighted by Gasteiger charge is -2.28. The van der Waals surface area contributed by atoms with Crippen molar-refractivity contribution < 1.29 is 0 Å². The van der Waals surface area contributed by atoms with Crippen molar-refractivity contribution >= 4 is 87.3 Å². The first-order valence-electron chi connectivity index (χ1n) is 19.8. The Morgan fingerprint density at radius 1 is 0.439 bits per heavy atom. The molecule has 12 rings (SSSR count). The first-order chi connectivity index (χ1) is 28.2. The summed E-state index contributed by atoms with van der Waals surface area (Å²) in [6, 6.07) is 66.6. The average molecular weight is 728 g/mol. The quantitative estimate of drug-likeness (QED) is 0.192. The summed E-state index contributed by atoms with van der Waals surface area (Å²) in [5.74, 6) is 0. The number of hydrogen-bond acceptors (Lipinski definition) is 1. The highest BCUT2D eigenvalue weighted by molar-refractivity contribution is 6.27.